The molecule has 0 aliphatic carbocycles. The van der Waals surface area contributed by atoms with Gasteiger partial charge in [0, 0.05) is 38.4 Å². The largest absolute Gasteiger partial charge is 0.477 e. The Labute approximate surface area is 155 Å². The molecule has 1 aromatic heterocycles. The van der Waals surface area contributed by atoms with Crippen molar-refractivity contribution in [2.24, 2.45) is 4.99 Å². The Kier molecular flexibility index (Phi) is 9.25. The lowest BCUT2D eigenvalue weighted by Crippen LogP contribution is -2.42. The summed E-state index contributed by atoms with van der Waals surface area (Å²) >= 11 is 0. The van der Waals surface area contributed by atoms with E-state index in [4.69, 9.17) is 9.47 Å². The van der Waals surface area contributed by atoms with E-state index in [0.29, 0.717) is 38.1 Å². The van der Waals surface area contributed by atoms with Crippen LogP contribution in [-0.4, -0.2) is 49.4 Å². The fraction of sp³-hybridized carbons (Fsp3) is 0.611. The van der Waals surface area contributed by atoms with E-state index in [1.165, 1.54) is 0 Å². The first kappa shape index (κ1) is 21.5. The van der Waals surface area contributed by atoms with Gasteiger partial charge in [-0.1, -0.05) is 13.0 Å². The third-order valence-electron chi connectivity index (χ3n) is 3.05. The van der Waals surface area contributed by atoms with Gasteiger partial charge in [0.15, 0.2) is 5.96 Å². The minimum atomic E-state index is -0.504. The van der Waals surface area contributed by atoms with Crippen molar-refractivity contribution in [1.29, 1.82) is 0 Å². The molecular formula is C18H31N5O3. The van der Waals surface area contributed by atoms with Crippen LogP contribution >= 0.6 is 0 Å². The highest BCUT2D eigenvalue weighted by Crippen LogP contribution is 2.14. The van der Waals surface area contributed by atoms with Gasteiger partial charge < -0.3 is 25.4 Å². The number of hydrogen-bond acceptors (Lipinski definition) is 5. The van der Waals surface area contributed by atoms with Crippen LogP contribution in [0, 0.1) is 0 Å². The summed E-state index contributed by atoms with van der Waals surface area (Å²) < 4.78 is 10.8. The summed E-state index contributed by atoms with van der Waals surface area (Å²) in [6.07, 6.45) is 2.21. The number of hydrogen-bond donors (Lipinski definition) is 3. The van der Waals surface area contributed by atoms with E-state index in [1.54, 1.807) is 13.2 Å². The highest BCUT2D eigenvalue weighted by atomic mass is 16.6. The summed E-state index contributed by atoms with van der Waals surface area (Å²) in [6, 6.07) is 3.83. The highest BCUT2D eigenvalue weighted by molar-refractivity contribution is 5.79. The van der Waals surface area contributed by atoms with Gasteiger partial charge in [0.1, 0.15) is 5.60 Å². The number of ether oxygens (including phenoxy) is 2. The van der Waals surface area contributed by atoms with E-state index in [1.807, 2.05) is 32.9 Å². The molecule has 0 atom stereocenters. The van der Waals surface area contributed by atoms with E-state index >= 15 is 0 Å². The normalized spacial score (nSPS) is 11.7. The Bertz CT molecular complexity index is 584. The zero-order chi connectivity index (χ0) is 19.4. The number of amides is 1. The second-order valence-corrected chi connectivity index (χ2v) is 6.60. The monoisotopic (exact) mass is 365 g/mol. The van der Waals surface area contributed by atoms with Crippen LogP contribution < -0.4 is 20.7 Å². The molecule has 8 heteroatoms. The minimum absolute atomic E-state index is 0.424. The van der Waals surface area contributed by atoms with Crippen molar-refractivity contribution in [3.8, 4) is 5.88 Å². The maximum atomic E-state index is 11.6. The van der Waals surface area contributed by atoms with Gasteiger partial charge in [0.05, 0.1) is 6.61 Å². The first-order chi connectivity index (χ1) is 12.4. The van der Waals surface area contributed by atoms with Crippen LogP contribution in [-0.2, 0) is 11.3 Å². The number of nitrogens with one attached hydrogen (secondary N) is 3. The van der Waals surface area contributed by atoms with Crippen LogP contribution in [0.25, 0.3) is 0 Å². The van der Waals surface area contributed by atoms with Crippen LogP contribution in [0.15, 0.2) is 23.3 Å². The Morgan fingerprint density at radius 1 is 1.23 bits per heavy atom. The Hall–Kier alpha value is -2.51. The van der Waals surface area contributed by atoms with Crippen LogP contribution in [0.4, 0.5) is 4.79 Å². The molecule has 0 saturated carbocycles. The zero-order valence-electron chi connectivity index (χ0n) is 16.4. The first-order valence-corrected chi connectivity index (χ1v) is 8.83. The number of aromatic nitrogens is 1. The molecule has 0 aromatic carbocycles. The Balaban J connectivity index is 2.37. The molecular weight excluding hydrogens is 334 g/mol. The summed E-state index contributed by atoms with van der Waals surface area (Å²) in [5.41, 5.74) is 0.451. The van der Waals surface area contributed by atoms with E-state index in [9.17, 15) is 4.79 Å². The van der Waals surface area contributed by atoms with Gasteiger partial charge in [-0.3, -0.25) is 4.99 Å². The molecule has 3 N–H and O–H groups in total. The molecule has 1 amide bonds. The summed E-state index contributed by atoms with van der Waals surface area (Å²) in [7, 11) is 1.69. The molecule has 0 saturated heterocycles. The van der Waals surface area contributed by atoms with Crippen LogP contribution in [0.3, 0.4) is 0 Å². The Morgan fingerprint density at radius 2 is 1.96 bits per heavy atom. The minimum Gasteiger partial charge on any atom is -0.477 e. The fourth-order valence-corrected chi connectivity index (χ4v) is 1.95. The summed E-state index contributed by atoms with van der Waals surface area (Å²) in [6.45, 7) is 9.64. The maximum absolute atomic E-state index is 11.6. The summed E-state index contributed by atoms with van der Waals surface area (Å²) in [5.74, 6) is 1.25. The van der Waals surface area contributed by atoms with Gasteiger partial charge in [-0.2, -0.15) is 0 Å². The molecule has 0 unspecified atom stereocenters. The zero-order valence-corrected chi connectivity index (χ0v) is 16.4. The van der Waals surface area contributed by atoms with Crippen LogP contribution in [0.1, 0.15) is 39.7 Å². The number of rotatable bonds is 8. The first-order valence-electron chi connectivity index (χ1n) is 8.83. The van der Waals surface area contributed by atoms with E-state index < -0.39 is 11.7 Å². The second-order valence-electron chi connectivity index (χ2n) is 6.60. The summed E-state index contributed by atoms with van der Waals surface area (Å²) in [4.78, 5) is 20.0. The van der Waals surface area contributed by atoms with Crippen molar-refractivity contribution in [2.75, 3.05) is 26.7 Å². The molecule has 0 spiro atoms. The predicted octanol–water partition coefficient (Wildman–Crippen LogP) is 2.06. The molecule has 0 fully saturated rings. The molecule has 0 aliphatic rings. The molecule has 146 valence electrons. The highest BCUT2D eigenvalue weighted by Gasteiger charge is 2.15. The molecule has 0 radical (unpaired) electrons. The molecule has 8 nitrogen and oxygen atoms in total. The van der Waals surface area contributed by atoms with E-state index in [2.05, 4.69) is 32.9 Å². The maximum Gasteiger partial charge on any atom is 0.407 e. The smallest absolute Gasteiger partial charge is 0.407 e. The molecule has 1 aromatic rings. The van der Waals surface area contributed by atoms with Crippen LogP contribution in [0.2, 0.25) is 0 Å². The average Bonchev–Trinajstić information content (AvgIpc) is 2.58. The number of guanidine groups is 1. The standard InChI is InChI=1S/C18H31N5O3/c1-6-12-25-15-14(8-7-9-20-15)13-23-16(19-5)21-10-11-22-17(24)26-18(2,3)4/h7-9H,6,10-13H2,1-5H3,(H,22,24)(H2,19,21,23). The third kappa shape index (κ3) is 9.10. The van der Waals surface area contributed by atoms with Crippen molar-refractivity contribution in [3.05, 3.63) is 23.9 Å². The average molecular weight is 365 g/mol. The van der Waals surface area contributed by atoms with Crippen molar-refractivity contribution < 1.29 is 14.3 Å². The number of aliphatic imine (C=N–C) groups is 1. The van der Waals surface area contributed by atoms with E-state index in [0.717, 1.165) is 12.0 Å². The lowest BCUT2D eigenvalue weighted by molar-refractivity contribution is 0.0529. The number of pyridine rings is 1. The Morgan fingerprint density at radius 3 is 2.62 bits per heavy atom. The lowest BCUT2D eigenvalue weighted by Gasteiger charge is -2.20. The number of carbonyl (C=O) groups is 1. The molecule has 0 bridgehead atoms. The number of nitrogens with zero attached hydrogens (tertiary/aromatic N) is 2. The van der Waals surface area contributed by atoms with Gasteiger partial charge >= 0.3 is 6.09 Å². The lowest BCUT2D eigenvalue weighted by atomic mass is 10.2. The number of carbonyl (C=O) groups excluding carboxylic acids is 1. The van der Waals surface area contributed by atoms with E-state index in [-0.39, 0.29) is 0 Å². The van der Waals surface area contributed by atoms with Crippen molar-refractivity contribution in [2.45, 2.75) is 46.3 Å². The van der Waals surface area contributed by atoms with Crippen molar-refractivity contribution in [1.82, 2.24) is 20.9 Å². The molecule has 1 heterocycles. The van der Waals surface area contributed by atoms with Crippen molar-refractivity contribution in [3.63, 3.8) is 0 Å². The van der Waals surface area contributed by atoms with Gasteiger partial charge in [0.25, 0.3) is 0 Å². The van der Waals surface area contributed by atoms with Gasteiger partial charge in [-0.15, -0.1) is 0 Å². The predicted molar refractivity (Wildman–Crippen MR) is 102 cm³/mol. The quantitative estimate of drug-likeness (QED) is 0.371. The van der Waals surface area contributed by atoms with Crippen molar-refractivity contribution >= 4 is 12.1 Å². The van der Waals surface area contributed by atoms with Crippen LogP contribution in [0.5, 0.6) is 5.88 Å². The van der Waals surface area contributed by atoms with Gasteiger partial charge in [0.2, 0.25) is 5.88 Å². The summed E-state index contributed by atoms with van der Waals surface area (Å²) in [5, 5.41) is 9.02. The SMILES string of the molecule is CCCOc1ncccc1CNC(=NC)NCCNC(=O)OC(C)(C)C. The molecule has 1 rings (SSSR count). The third-order valence-corrected chi connectivity index (χ3v) is 3.05. The fourth-order valence-electron chi connectivity index (χ4n) is 1.95. The molecule has 26 heavy (non-hydrogen) atoms. The molecule has 0 aliphatic heterocycles. The van der Waals surface area contributed by atoms with Gasteiger partial charge in [-0.05, 0) is 33.3 Å². The van der Waals surface area contributed by atoms with Gasteiger partial charge in [-0.25, -0.2) is 9.78 Å². The number of alkyl carbamates (subject to hydrolysis) is 1. The topological polar surface area (TPSA) is 96.9 Å². The second kappa shape index (κ2) is 11.2.